The molecule has 0 saturated carbocycles. The molecule has 0 aliphatic rings. The van der Waals surface area contributed by atoms with Crippen LogP contribution < -0.4 is 0 Å². The van der Waals surface area contributed by atoms with Crippen molar-refractivity contribution in [1.82, 2.24) is 4.98 Å². The highest BCUT2D eigenvalue weighted by Gasteiger charge is 2.12. The molecule has 3 nitrogen and oxygen atoms in total. The molecule has 1 aromatic rings. The van der Waals surface area contributed by atoms with E-state index in [9.17, 15) is 4.79 Å². The van der Waals surface area contributed by atoms with Gasteiger partial charge < -0.3 is 4.74 Å². The number of terminal acetylenes is 1. The largest absolute Gasteiger partial charge is 0.457 e. The Morgan fingerprint density at radius 2 is 2.29 bits per heavy atom. The molecule has 0 aliphatic carbocycles. The third-order valence-corrected chi connectivity index (χ3v) is 1.69. The van der Waals surface area contributed by atoms with Crippen molar-refractivity contribution < 1.29 is 9.53 Å². The van der Waals surface area contributed by atoms with Crippen molar-refractivity contribution in [2.45, 2.75) is 19.4 Å². The first-order valence-corrected chi connectivity index (χ1v) is 4.24. The van der Waals surface area contributed by atoms with E-state index in [0.717, 1.165) is 5.56 Å². The number of nitrogens with zero attached hydrogens (tertiary/aromatic N) is 1. The zero-order chi connectivity index (χ0) is 10.4. The highest BCUT2D eigenvalue weighted by molar-refractivity contribution is 5.66. The van der Waals surface area contributed by atoms with Gasteiger partial charge in [0.15, 0.2) is 0 Å². The zero-order valence-electron chi connectivity index (χ0n) is 7.93. The second-order valence-electron chi connectivity index (χ2n) is 2.79. The molecule has 0 fully saturated rings. The second kappa shape index (κ2) is 5.03. The molecule has 3 heteroatoms. The molecule has 72 valence electrons. The van der Waals surface area contributed by atoms with Gasteiger partial charge in [0, 0.05) is 19.3 Å². The maximum absolute atomic E-state index is 10.8. The Hall–Kier alpha value is -1.82. The second-order valence-corrected chi connectivity index (χ2v) is 2.79. The minimum Gasteiger partial charge on any atom is -0.457 e. The summed E-state index contributed by atoms with van der Waals surface area (Å²) in [4.78, 5) is 14.7. The molecule has 0 amide bonds. The van der Waals surface area contributed by atoms with Gasteiger partial charge in [-0.05, 0) is 17.7 Å². The monoisotopic (exact) mass is 189 g/mol. The number of aromatic nitrogens is 1. The molecule has 0 aromatic carbocycles. The van der Waals surface area contributed by atoms with E-state index in [1.165, 1.54) is 6.92 Å². The van der Waals surface area contributed by atoms with Gasteiger partial charge in [-0.25, -0.2) is 0 Å². The van der Waals surface area contributed by atoms with Crippen LogP contribution in [0.25, 0.3) is 0 Å². The van der Waals surface area contributed by atoms with E-state index in [-0.39, 0.29) is 12.1 Å². The van der Waals surface area contributed by atoms with Gasteiger partial charge in [0.1, 0.15) is 6.10 Å². The molecular formula is C11H11NO2. The van der Waals surface area contributed by atoms with Gasteiger partial charge in [-0.1, -0.05) is 0 Å². The van der Waals surface area contributed by atoms with Crippen LogP contribution >= 0.6 is 0 Å². The third kappa shape index (κ3) is 2.91. The van der Waals surface area contributed by atoms with Crippen molar-refractivity contribution in [3.8, 4) is 12.3 Å². The first-order valence-electron chi connectivity index (χ1n) is 4.24. The van der Waals surface area contributed by atoms with E-state index in [1.54, 1.807) is 24.5 Å². The van der Waals surface area contributed by atoms with Gasteiger partial charge in [0.2, 0.25) is 0 Å². The van der Waals surface area contributed by atoms with Crippen LogP contribution in [0.5, 0.6) is 0 Å². The maximum atomic E-state index is 10.8. The zero-order valence-corrected chi connectivity index (χ0v) is 7.93. The Bertz CT molecular complexity index is 340. The smallest absolute Gasteiger partial charge is 0.303 e. The Morgan fingerprint density at radius 3 is 2.79 bits per heavy atom. The molecule has 0 radical (unpaired) electrons. The summed E-state index contributed by atoms with van der Waals surface area (Å²) in [6.45, 7) is 1.37. The van der Waals surface area contributed by atoms with Crippen molar-refractivity contribution in [2.75, 3.05) is 0 Å². The summed E-state index contributed by atoms with van der Waals surface area (Å²) in [5.74, 6) is 2.14. The topological polar surface area (TPSA) is 39.2 Å². The fourth-order valence-corrected chi connectivity index (χ4v) is 1.11. The Balaban J connectivity index is 2.78. The predicted molar refractivity (Wildman–Crippen MR) is 52.2 cm³/mol. The molecule has 0 spiro atoms. The van der Waals surface area contributed by atoms with Crippen LogP contribution in [0.15, 0.2) is 24.5 Å². The minimum absolute atomic E-state index is 0.331. The number of hydrogen-bond acceptors (Lipinski definition) is 3. The van der Waals surface area contributed by atoms with Crippen molar-refractivity contribution in [3.63, 3.8) is 0 Å². The molecule has 0 N–H and O–H groups in total. The number of carbonyl (C=O) groups excluding carboxylic acids is 1. The minimum atomic E-state index is -0.361. The van der Waals surface area contributed by atoms with Crippen molar-refractivity contribution in [2.24, 2.45) is 0 Å². The molecule has 0 aliphatic heterocycles. The van der Waals surface area contributed by atoms with Gasteiger partial charge in [0.05, 0.1) is 6.42 Å². The number of ether oxygens (including phenoxy) is 1. The molecule has 1 heterocycles. The first-order chi connectivity index (χ1) is 6.74. The predicted octanol–water partition coefficient (Wildman–Crippen LogP) is 1.71. The highest BCUT2D eigenvalue weighted by atomic mass is 16.5. The lowest BCUT2D eigenvalue weighted by Crippen LogP contribution is -2.07. The lowest BCUT2D eigenvalue weighted by molar-refractivity contribution is -0.146. The Morgan fingerprint density at radius 1 is 1.64 bits per heavy atom. The Kier molecular flexibility index (Phi) is 3.69. The average molecular weight is 189 g/mol. The number of pyridine rings is 1. The van der Waals surface area contributed by atoms with E-state index in [1.807, 2.05) is 0 Å². The summed E-state index contributed by atoms with van der Waals surface area (Å²) in [6.07, 6.45) is 8.49. The van der Waals surface area contributed by atoms with Gasteiger partial charge in [-0.2, -0.15) is 0 Å². The first kappa shape index (κ1) is 10.3. The van der Waals surface area contributed by atoms with Crippen LogP contribution in [0.2, 0.25) is 0 Å². The van der Waals surface area contributed by atoms with Crippen LogP contribution in [-0.4, -0.2) is 11.0 Å². The molecule has 1 aromatic heterocycles. The molecule has 0 bridgehead atoms. The number of esters is 1. The fourth-order valence-electron chi connectivity index (χ4n) is 1.11. The number of hydrogen-bond donors (Lipinski definition) is 0. The fraction of sp³-hybridized carbons (Fsp3) is 0.273. The maximum Gasteiger partial charge on any atom is 0.303 e. The molecule has 1 unspecified atom stereocenters. The normalized spacial score (nSPS) is 11.4. The van der Waals surface area contributed by atoms with E-state index in [2.05, 4.69) is 10.9 Å². The summed E-state index contributed by atoms with van der Waals surface area (Å²) >= 11 is 0. The number of carbonyl (C=O) groups is 1. The van der Waals surface area contributed by atoms with Crippen molar-refractivity contribution in [1.29, 1.82) is 0 Å². The van der Waals surface area contributed by atoms with Crippen LogP contribution in [-0.2, 0) is 9.53 Å². The van der Waals surface area contributed by atoms with Gasteiger partial charge in [-0.3, -0.25) is 9.78 Å². The lowest BCUT2D eigenvalue weighted by Gasteiger charge is -2.14. The van der Waals surface area contributed by atoms with Crippen molar-refractivity contribution >= 4 is 5.97 Å². The van der Waals surface area contributed by atoms with Gasteiger partial charge >= 0.3 is 5.97 Å². The van der Waals surface area contributed by atoms with E-state index in [0.29, 0.717) is 6.42 Å². The summed E-state index contributed by atoms with van der Waals surface area (Å²) in [5, 5.41) is 0. The summed E-state index contributed by atoms with van der Waals surface area (Å²) in [5.41, 5.74) is 0.869. The van der Waals surface area contributed by atoms with E-state index < -0.39 is 0 Å². The van der Waals surface area contributed by atoms with Crippen LogP contribution in [0.4, 0.5) is 0 Å². The highest BCUT2D eigenvalue weighted by Crippen LogP contribution is 2.19. The van der Waals surface area contributed by atoms with E-state index in [4.69, 9.17) is 11.2 Å². The molecule has 14 heavy (non-hydrogen) atoms. The van der Waals surface area contributed by atoms with E-state index >= 15 is 0 Å². The van der Waals surface area contributed by atoms with Gasteiger partial charge in [-0.15, -0.1) is 12.3 Å². The van der Waals surface area contributed by atoms with Crippen LogP contribution in [0.1, 0.15) is 25.0 Å². The molecular weight excluding hydrogens is 178 g/mol. The van der Waals surface area contributed by atoms with Gasteiger partial charge in [0.25, 0.3) is 0 Å². The summed E-state index contributed by atoms with van der Waals surface area (Å²) in [7, 11) is 0. The standard InChI is InChI=1S/C11H11NO2/c1-3-4-11(14-9(2)13)10-5-7-12-8-6-10/h1,5-8,11H,4H2,2H3. The van der Waals surface area contributed by atoms with Crippen LogP contribution in [0.3, 0.4) is 0 Å². The SMILES string of the molecule is C#CCC(OC(C)=O)c1ccncc1. The quantitative estimate of drug-likeness (QED) is 0.536. The third-order valence-electron chi connectivity index (χ3n) is 1.69. The molecule has 0 saturated heterocycles. The molecule has 1 atom stereocenters. The molecule has 1 rings (SSSR count). The summed E-state index contributed by atoms with van der Waals surface area (Å²) in [6, 6.07) is 3.57. The van der Waals surface area contributed by atoms with Crippen LogP contribution in [0, 0.1) is 12.3 Å². The Labute approximate surface area is 83.1 Å². The summed E-state index contributed by atoms with van der Waals surface area (Å²) < 4.78 is 5.07. The lowest BCUT2D eigenvalue weighted by atomic mass is 10.1. The number of rotatable bonds is 3. The van der Waals surface area contributed by atoms with Crippen molar-refractivity contribution in [3.05, 3.63) is 30.1 Å². The average Bonchev–Trinajstić information content (AvgIpc) is 2.18.